The van der Waals surface area contributed by atoms with Crippen molar-refractivity contribution in [1.82, 2.24) is 4.90 Å². The summed E-state index contributed by atoms with van der Waals surface area (Å²) in [5.41, 5.74) is 13.5. The van der Waals surface area contributed by atoms with E-state index in [4.69, 9.17) is 11.3 Å². The van der Waals surface area contributed by atoms with Crippen LogP contribution in [0.25, 0.3) is 0 Å². The van der Waals surface area contributed by atoms with Gasteiger partial charge in [-0.1, -0.05) is 12.1 Å². The minimum absolute atomic E-state index is 0.00204. The van der Waals surface area contributed by atoms with Gasteiger partial charge in [0.1, 0.15) is 5.75 Å². The molecule has 12 heteroatoms. The second-order valence-corrected chi connectivity index (χ2v) is 9.62. The molecule has 0 aliphatic heterocycles. The Bertz CT molecular complexity index is 1170. The second kappa shape index (κ2) is 11.6. The van der Waals surface area contributed by atoms with Crippen LogP contribution in [0.2, 0.25) is 0 Å². The molecule has 4 rings (SSSR count). The Balaban J connectivity index is 1.46. The lowest BCUT2D eigenvalue weighted by Crippen LogP contribution is -2.44. The van der Waals surface area contributed by atoms with Crippen LogP contribution >= 0.6 is 0 Å². The Hall–Kier alpha value is -3.96. The maximum absolute atomic E-state index is 13.4. The number of carbonyl (C=O) groups excluding carboxylic acids is 2. The summed E-state index contributed by atoms with van der Waals surface area (Å²) in [6.07, 6.45) is 1.61. The Morgan fingerprint density at radius 3 is 2.08 bits per heavy atom. The van der Waals surface area contributed by atoms with Gasteiger partial charge in [-0.15, -0.1) is 18.3 Å². The lowest BCUT2D eigenvalue weighted by atomic mass is 9.82. The molecule has 2 aliphatic carbocycles. The average Bonchev–Trinajstić information content (AvgIpc) is 3.73. The number of nitrogens with two attached hydrogens (primary N) is 1. The first-order valence-electron chi connectivity index (χ1n) is 12.4. The van der Waals surface area contributed by atoms with E-state index in [2.05, 4.69) is 20.2 Å². The Labute approximate surface area is 217 Å². The number of urea groups is 1. The molecule has 2 saturated carbocycles. The molecule has 0 saturated heterocycles. The van der Waals surface area contributed by atoms with Gasteiger partial charge in [-0.3, -0.25) is 4.79 Å². The number of amides is 3. The van der Waals surface area contributed by atoms with Crippen molar-refractivity contribution in [3.63, 3.8) is 0 Å². The molecule has 9 nitrogen and oxygen atoms in total. The fraction of sp³-hybridized carbons (Fsp3) is 0.423. The van der Waals surface area contributed by atoms with Gasteiger partial charge in [0.05, 0.1) is 0 Å². The minimum atomic E-state index is -4.79. The van der Waals surface area contributed by atoms with Crippen molar-refractivity contribution in [2.75, 3.05) is 5.32 Å². The number of nitrogens with zero attached hydrogens (tertiary/aromatic N) is 3. The number of hydrogen-bond donors (Lipinski definition) is 3. The molecule has 0 radical (unpaired) electrons. The van der Waals surface area contributed by atoms with E-state index in [0.717, 1.165) is 49.3 Å². The molecule has 202 valence electrons. The average molecular weight is 531 g/mol. The highest BCUT2D eigenvalue weighted by Crippen LogP contribution is 2.44. The summed E-state index contributed by atoms with van der Waals surface area (Å²) in [5, 5.41) is 5.70. The first-order valence-corrected chi connectivity index (χ1v) is 12.4. The quantitative estimate of drug-likeness (QED) is 0.227. The predicted octanol–water partition coefficient (Wildman–Crippen LogP) is 6.07. The number of hydrogen-bond acceptors (Lipinski definition) is 4. The number of carbonyl (C=O) groups is 2. The van der Waals surface area contributed by atoms with Gasteiger partial charge in [-0.25, -0.2) is 10.3 Å². The van der Waals surface area contributed by atoms with Gasteiger partial charge < -0.3 is 20.7 Å². The van der Waals surface area contributed by atoms with Crippen LogP contribution in [0.3, 0.4) is 0 Å². The van der Waals surface area contributed by atoms with Gasteiger partial charge in [0.25, 0.3) is 5.91 Å². The third-order valence-corrected chi connectivity index (χ3v) is 6.96. The number of rotatable bonds is 7. The van der Waals surface area contributed by atoms with Gasteiger partial charge in [-0.05, 0) is 92.3 Å². The molecule has 0 unspecified atom stereocenters. The number of guanidine groups is 1. The maximum atomic E-state index is 13.4. The molecule has 3 amide bonds. The summed E-state index contributed by atoms with van der Waals surface area (Å²) >= 11 is 0. The van der Waals surface area contributed by atoms with E-state index < -0.39 is 18.2 Å². The summed E-state index contributed by atoms with van der Waals surface area (Å²) in [7, 11) is 0. The van der Waals surface area contributed by atoms with Gasteiger partial charge in [0.15, 0.2) is 0 Å². The number of ether oxygens (including phenoxy) is 1. The van der Waals surface area contributed by atoms with Crippen molar-refractivity contribution in [3.05, 3.63) is 59.7 Å². The zero-order valence-electron chi connectivity index (χ0n) is 20.6. The third-order valence-electron chi connectivity index (χ3n) is 6.96. The topological polar surface area (TPSA) is 133 Å². The van der Waals surface area contributed by atoms with E-state index in [1.54, 1.807) is 29.2 Å². The van der Waals surface area contributed by atoms with Crippen molar-refractivity contribution in [3.8, 4) is 5.75 Å². The summed E-state index contributed by atoms with van der Waals surface area (Å²) in [4.78, 5) is 30.8. The number of aliphatic imine (C=N–C) groups is 1. The summed E-state index contributed by atoms with van der Waals surface area (Å²) in [6.45, 7) is 0.280. The molecule has 0 spiro atoms. The fourth-order valence-corrected chi connectivity index (χ4v) is 4.90. The van der Waals surface area contributed by atoms with E-state index in [1.165, 1.54) is 25.0 Å². The standard InChI is InChI=1S/C26H29F3N6O3/c27-26(28,29)38-22-13-9-20(10-14-22)32-25(37)35(21-11-7-18(8-12-21)17-5-6-17)15-16-1-3-19(4-2-16)23(36)33-24(30)34-31/h1-4,9-10,13-14,17-18,21,31H,5-8,11-12,15H2,(H,32,37)(H2,30,33,36). The largest absolute Gasteiger partial charge is 0.573 e. The molecule has 0 heterocycles. The van der Waals surface area contributed by atoms with Gasteiger partial charge >= 0.3 is 12.4 Å². The maximum Gasteiger partial charge on any atom is 0.573 e. The van der Waals surface area contributed by atoms with Gasteiger partial charge in [-0.2, -0.15) is 4.99 Å². The van der Waals surface area contributed by atoms with Gasteiger partial charge in [0, 0.05) is 23.8 Å². The molecule has 2 fully saturated rings. The van der Waals surface area contributed by atoms with Crippen molar-refractivity contribution < 1.29 is 27.5 Å². The third kappa shape index (κ3) is 7.53. The lowest BCUT2D eigenvalue weighted by molar-refractivity contribution is -0.274. The molecule has 0 aromatic heterocycles. The number of nitrogens with one attached hydrogen (secondary N) is 2. The molecule has 4 N–H and O–H groups in total. The number of alkyl halides is 3. The zero-order valence-corrected chi connectivity index (χ0v) is 20.6. The van der Waals surface area contributed by atoms with Crippen molar-refractivity contribution in [1.29, 1.82) is 5.53 Å². The van der Waals surface area contributed by atoms with Crippen molar-refractivity contribution >= 4 is 23.6 Å². The highest BCUT2D eigenvalue weighted by Gasteiger charge is 2.36. The van der Waals surface area contributed by atoms with Crippen LogP contribution in [0.5, 0.6) is 5.75 Å². The molecule has 38 heavy (non-hydrogen) atoms. The van der Waals surface area contributed by atoms with Gasteiger partial charge in [0.2, 0.25) is 5.96 Å². The van der Waals surface area contributed by atoms with E-state index in [1.807, 2.05) is 0 Å². The Morgan fingerprint density at radius 2 is 1.55 bits per heavy atom. The van der Waals surface area contributed by atoms with Crippen LogP contribution < -0.4 is 15.8 Å². The second-order valence-electron chi connectivity index (χ2n) is 9.62. The van der Waals surface area contributed by atoms with E-state index >= 15 is 0 Å². The first kappa shape index (κ1) is 27.1. The van der Waals surface area contributed by atoms with Crippen LogP contribution in [0.15, 0.2) is 58.6 Å². The highest BCUT2D eigenvalue weighted by atomic mass is 19.4. The highest BCUT2D eigenvalue weighted by molar-refractivity contribution is 6.02. The van der Waals surface area contributed by atoms with Crippen LogP contribution in [0.4, 0.5) is 23.7 Å². The lowest BCUT2D eigenvalue weighted by Gasteiger charge is -2.37. The summed E-state index contributed by atoms with van der Waals surface area (Å²) in [6, 6.07) is 11.2. The molecular formula is C26H29F3N6O3. The number of anilines is 1. The SMILES string of the molecule is N=NC(N)=NC(=O)c1ccc(CN(C(=O)Nc2ccc(OC(F)(F)F)cc2)C2CCC(C3CC3)CC2)cc1. The van der Waals surface area contributed by atoms with Crippen molar-refractivity contribution in [2.24, 2.45) is 27.7 Å². The Kier molecular flexibility index (Phi) is 8.28. The normalized spacial score (nSPS) is 19.9. The smallest absolute Gasteiger partial charge is 0.406 e. The van der Waals surface area contributed by atoms with E-state index in [9.17, 15) is 22.8 Å². The number of benzene rings is 2. The predicted molar refractivity (Wildman–Crippen MR) is 134 cm³/mol. The van der Waals surface area contributed by atoms with Crippen LogP contribution in [0.1, 0.15) is 54.4 Å². The van der Waals surface area contributed by atoms with Crippen LogP contribution in [-0.4, -0.2) is 35.2 Å². The van der Waals surface area contributed by atoms with Crippen LogP contribution in [0, 0.1) is 17.4 Å². The molecule has 2 aromatic carbocycles. The molecule has 0 bridgehead atoms. The molecular weight excluding hydrogens is 501 g/mol. The molecule has 2 aliphatic rings. The van der Waals surface area contributed by atoms with Crippen molar-refractivity contribution in [2.45, 2.75) is 57.5 Å². The van der Waals surface area contributed by atoms with E-state index in [0.29, 0.717) is 11.6 Å². The molecule has 0 atom stereocenters. The summed E-state index contributed by atoms with van der Waals surface area (Å²) < 4.78 is 41.3. The van der Waals surface area contributed by atoms with Crippen LogP contribution in [-0.2, 0) is 6.54 Å². The van der Waals surface area contributed by atoms with E-state index in [-0.39, 0.29) is 29.9 Å². The number of halogens is 3. The minimum Gasteiger partial charge on any atom is -0.406 e. The fourth-order valence-electron chi connectivity index (χ4n) is 4.90. The zero-order chi connectivity index (χ0) is 27.3. The first-order chi connectivity index (χ1) is 18.1. The molecule has 2 aromatic rings. The Morgan fingerprint density at radius 1 is 0.974 bits per heavy atom. The summed E-state index contributed by atoms with van der Waals surface area (Å²) in [5.74, 6) is 0.0620. The monoisotopic (exact) mass is 530 g/mol.